The Morgan fingerprint density at radius 3 is 2.40 bits per heavy atom. The zero-order valence-electron chi connectivity index (χ0n) is 14.1. The van der Waals surface area contributed by atoms with Crippen LogP contribution >= 0.6 is 0 Å². The first-order valence-electron chi connectivity index (χ1n) is 7.95. The van der Waals surface area contributed by atoms with Crippen molar-refractivity contribution in [1.29, 1.82) is 0 Å². The molecule has 2 heterocycles. The lowest BCUT2D eigenvalue weighted by Gasteiger charge is -2.36. The molecule has 1 aliphatic rings. The summed E-state index contributed by atoms with van der Waals surface area (Å²) in [5.74, 6) is -1.17. The molecule has 1 fully saturated rings. The van der Waals surface area contributed by atoms with Crippen molar-refractivity contribution in [1.82, 2.24) is 9.97 Å². The van der Waals surface area contributed by atoms with Crippen molar-refractivity contribution in [2.24, 2.45) is 0 Å². The normalized spacial score (nSPS) is 21.6. The van der Waals surface area contributed by atoms with Crippen LogP contribution in [-0.2, 0) is 10.9 Å². The van der Waals surface area contributed by atoms with Gasteiger partial charge in [0.25, 0.3) is 0 Å². The van der Waals surface area contributed by atoms with E-state index < -0.39 is 12.0 Å². The van der Waals surface area contributed by atoms with Crippen LogP contribution in [0.25, 0.3) is 10.9 Å². The third-order valence-corrected chi connectivity index (χ3v) is 4.05. The third-order valence-electron chi connectivity index (χ3n) is 4.05. The van der Waals surface area contributed by atoms with Crippen LogP contribution in [0.15, 0.2) is 18.2 Å². The maximum absolute atomic E-state index is 13.2. The number of carbonyl (C=O) groups excluding carboxylic acids is 1. The summed E-state index contributed by atoms with van der Waals surface area (Å²) in [6, 6.07) is 4.46. The number of alkyl halides is 3. The minimum Gasteiger partial charge on any atom is -0.372 e. The molecule has 25 heavy (non-hydrogen) atoms. The molecule has 0 bridgehead atoms. The van der Waals surface area contributed by atoms with Crippen LogP contribution in [0.5, 0.6) is 0 Å². The highest BCUT2D eigenvalue weighted by molar-refractivity contribution is 6.00. The molecular weight excluding hydrogens is 335 g/mol. The molecule has 2 unspecified atom stereocenters. The van der Waals surface area contributed by atoms with E-state index in [-0.39, 0.29) is 29.3 Å². The van der Waals surface area contributed by atoms with Crippen molar-refractivity contribution in [3.63, 3.8) is 0 Å². The number of benzene rings is 1. The number of halogens is 3. The van der Waals surface area contributed by atoms with Crippen molar-refractivity contribution >= 4 is 22.5 Å². The fourth-order valence-electron chi connectivity index (χ4n) is 3.05. The number of morpholine rings is 1. The average Bonchev–Trinajstić information content (AvgIpc) is 2.51. The smallest absolute Gasteiger partial charge is 0.372 e. The number of ether oxygens (including phenoxy) is 1. The van der Waals surface area contributed by atoms with E-state index in [9.17, 15) is 18.0 Å². The van der Waals surface area contributed by atoms with E-state index >= 15 is 0 Å². The van der Waals surface area contributed by atoms with E-state index in [0.29, 0.717) is 24.0 Å². The van der Waals surface area contributed by atoms with Gasteiger partial charge in [-0.15, -0.1) is 0 Å². The third kappa shape index (κ3) is 3.58. The van der Waals surface area contributed by atoms with E-state index in [4.69, 9.17) is 4.74 Å². The molecule has 8 heteroatoms. The van der Waals surface area contributed by atoms with Crippen LogP contribution in [0.4, 0.5) is 19.0 Å². The number of ketones is 1. The molecule has 0 spiro atoms. The molecule has 0 N–H and O–H groups in total. The first kappa shape index (κ1) is 17.6. The second-order valence-electron chi connectivity index (χ2n) is 6.32. The number of aromatic nitrogens is 2. The summed E-state index contributed by atoms with van der Waals surface area (Å²) in [7, 11) is 0. The van der Waals surface area contributed by atoms with Gasteiger partial charge in [0.15, 0.2) is 5.78 Å². The molecule has 0 amide bonds. The predicted octanol–water partition coefficient (Wildman–Crippen LogP) is 3.46. The lowest BCUT2D eigenvalue weighted by molar-refractivity contribution is -0.144. The van der Waals surface area contributed by atoms with Gasteiger partial charge in [0.2, 0.25) is 5.82 Å². The summed E-state index contributed by atoms with van der Waals surface area (Å²) < 4.78 is 45.3. The lowest BCUT2D eigenvalue weighted by atomic mass is 10.1. The van der Waals surface area contributed by atoms with E-state index in [1.165, 1.54) is 19.1 Å². The Hall–Kier alpha value is -2.22. The minimum atomic E-state index is -4.65. The van der Waals surface area contributed by atoms with E-state index in [2.05, 4.69) is 9.97 Å². The molecule has 2 aromatic rings. The van der Waals surface area contributed by atoms with Gasteiger partial charge in [-0.3, -0.25) is 4.79 Å². The molecule has 3 rings (SSSR count). The topological polar surface area (TPSA) is 55.3 Å². The summed E-state index contributed by atoms with van der Waals surface area (Å²) in [5.41, 5.74) is 0.570. The number of hydrogen-bond acceptors (Lipinski definition) is 5. The summed E-state index contributed by atoms with van der Waals surface area (Å²) >= 11 is 0. The van der Waals surface area contributed by atoms with Crippen molar-refractivity contribution in [3.8, 4) is 0 Å². The largest absolute Gasteiger partial charge is 0.451 e. The highest BCUT2D eigenvalue weighted by Gasteiger charge is 2.36. The van der Waals surface area contributed by atoms with Crippen molar-refractivity contribution in [3.05, 3.63) is 29.6 Å². The first-order chi connectivity index (χ1) is 11.6. The van der Waals surface area contributed by atoms with Crippen LogP contribution in [-0.4, -0.2) is 41.0 Å². The molecular formula is C17H18F3N3O2. The van der Waals surface area contributed by atoms with E-state index in [0.717, 1.165) is 0 Å². The van der Waals surface area contributed by atoms with Crippen LogP contribution in [0.2, 0.25) is 0 Å². The van der Waals surface area contributed by atoms with Gasteiger partial charge in [-0.2, -0.15) is 13.2 Å². The minimum absolute atomic E-state index is 0.140. The van der Waals surface area contributed by atoms with Gasteiger partial charge in [0, 0.05) is 24.0 Å². The predicted molar refractivity (Wildman–Crippen MR) is 86.8 cm³/mol. The Morgan fingerprint density at radius 1 is 1.20 bits per heavy atom. The lowest BCUT2D eigenvalue weighted by Crippen LogP contribution is -2.46. The SMILES string of the molecule is CC(=O)c1ccc2nc(C(F)(F)F)nc(N3CC(C)OC(C)C3)c2c1. The number of anilines is 1. The fourth-order valence-corrected chi connectivity index (χ4v) is 3.05. The Bertz CT molecular complexity index is 813. The molecule has 1 aromatic heterocycles. The average molecular weight is 353 g/mol. The molecule has 2 atom stereocenters. The van der Waals surface area contributed by atoms with Gasteiger partial charge in [0.05, 0.1) is 17.7 Å². The molecule has 1 saturated heterocycles. The van der Waals surface area contributed by atoms with Crippen LogP contribution in [0, 0.1) is 0 Å². The molecule has 1 aliphatic heterocycles. The highest BCUT2D eigenvalue weighted by Crippen LogP contribution is 2.33. The molecule has 1 aromatic carbocycles. The van der Waals surface area contributed by atoms with Gasteiger partial charge >= 0.3 is 6.18 Å². The Morgan fingerprint density at radius 2 is 1.84 bits per heavy atom. The fraction of sp³-hybridized carbons (Fsp3) is 0.471. The first-order valence-corrected chi connectivity index (χ1v) is 7.95. The number of carbonyl (C=O) groups is 1. The summed E-state index contributed by atoms with van der Waals surface area (Å²) in [6.07, 6.45) is -4.93. The maximum atomic E-state index is 13.2. The van der Waals surface area contributed by atoms with Crippen molar-refractivity contribution < 1.29 is 22.7 Å². The van der Waals surface area contributed by atoms with Gasteiger partial charge in [-0.05, 0) is 39.0 Å². The van der Waals surface area contributed by atoms with E-state index in [1.807, 2.05) is 13.8 Å². The summed E-state index contributed by atoms with van der Waals surface area (Å²) in [4.78, 5) is 20.8. The van der Waals surface area contributed by atoms with Gasteiger partial charge in [-0.25, -0.2) is 9.97 Å². The molecule has 0 radical (unpaired) electrons. The zero-order chi connectivity index (χ0) is 18.4. The van der Waals surface area contributed by atoms with Crippen LogP contribution in [0.3, 0.4) is 0 Å². The second-order valence-corrected chi connectivity index (χ2v) is 6.32. The number of nitrogens with zero attached hydrogens (tertiary/aromatic N) is 3. The van der Waals surface area contributed by atoms with Crippen LogP contribution in [0.1, 0.15) is 37.0 Å². The van der Waals surface area contributed by atoms with Gasteiger partial charge < -0.3 is 9.64 Å². The number of rotatable bonds is 2. The van der Waals surface area contributed by atoms with E-state index in [1.54, 1.807) is 11.0 Å². The maximum Gasteiger partial charge on any atom is 0.451 e. The summed E-state index contributed by atoms with van der Waals surface area (Å²) in [6.45, 7) is 5.95. The van der Waals surface area contributed by atoms with Crippen LogP contribution < -0.4 is 4.90 Å². The molecule has 134 valence electrons. The van der Waals surface area contributed by atoms with Gasteiger partial charge in [0.1, 0.15) is 5.82 Å². The molecule has 5 nitrogen and oxygen atoms in total. The quantitative estimate of drug-likeness (QED) is 0.774. The standard InChI is InChI=1S/C17H18F3N3O2/c1-9-7-23(8-10(2)25-9)15-13-6-12(11(3)24)4-5-14(13)21-16(22-15)17(18,19)20/h4-6,9-10H,7-8H2,1-3H3. The Labute approximate surface area is 142 Å². The highest BCUT2D eigenvalue weighted by atomic mass is 19.4. The molecule has 0 aliphatic carbocycles. The Kier molecular flexibility index (Phi) is 4.40. The Balaban J connectivity index is 2.21. The second kappa shape index (κ2) is 6.25. The number of Topliss-reactive ketones (excluding diaryl/α,β-unsaturated/α-hetero) is 1. The molecule has 0 saturated carbocycles. The summed E-state index contributed by atoms with van der Waals surface area (Å²) in [5, 5.41) is 0.432. The van der Waals surface area contributed by atoms with Crippen molar-refractivity contribution in [2.75, 3.05) is 18.0 Å². The van der Waals surface area contributed by atoms with Crippen molar-refractivity contribution in [2.45, 2.75) is 39.2 Å². The zero-order valence-corrected chi connectivity index (χ0v) is 14.1. The number of hydrogen-bond donors (Lipinski definition) is 0. The number of fused-ring (bicyclic) bond motifs is 1. The van der Waals surface area contributed by atoms with Gasteiger partial charge in [-0.1, -0.05) is 0 Å². The monoisotopic (exact) mass is 353 g/mol.